The summed E-state index contributed by atoms with van der Waals surface area (Å²) in [7, 11) is 0. The molecule has 170 valence electrons. The average molecular weight is 522 g/mol. The summed E-state index contributed by atoms with van der Waals surface area (Å²) in [5.41, 5.74) is 0.656. The van der Waals surface area contributed by atoms with Crippen molar-refractivity contribution in [2.75, 3.05) is 12.4 Å². The van der Waals surface area contributed by atoms with Crippen molar-refractivity contribution in [1.82, 2.24) is 10.2 Å². The average Bonchev–Trinajstić information content (AvgIpc) is 2.71. The summed E-state index contributed by atoms with van der Waals surface area (Å²) < 4.78 is 9.38. The Bertz CT molecular complexity index is 1040. The Kier molecular flexibility index (Phi) is 7.60. The lowest BCUT2D eigenvalue weighted by Crippen LogP contribution is -2.70. The standard InChI is InChI=1S/C19H15Cl3N2O7S/c1-8(25)30-6-10-7-32-18-13(16(27)24(18)17(10)31-19(28)29)23-15(26)12(14(21)22)9-2-4-11(20)5-3-9/h2-5,13,18H,6-7H2,1H3,(H,23,26)(H,28,29)/t13?,18-/m0/s1. The van der Waals surface area contributed by atoms with Crippen molar-refractivity contribution in [3.8, 4) is 0 Å². The van der Waals surface area contributed by atoms with Crippen LogP contribution in [0.3, 0.4) is 0 Å². The van der Waals surface area contributed by atoms with Gasteiger partial charge in [-0.25, -0.2) is 4.79 Å². The Labute approximate surface area is 201 Å². The van der Waals surface area contributed by atoms with Crippen LogP contribution in [0.15, 0.2) is 40.2 Å². The summed E-state index contributed by atoms with van der Waals surface area (Å²) in [6.07, 6.45) is -1.63. The molecular weight excluding hydrogens is 507 g/mol. The van der Waals surface area contributed by atoms with Crippen molar-refractivity contribution in [3.05, 3.63) is 50.8 Å². The lowest BCUT2D eigenvalue weighted by Gasteiger charge is -2.49. The van der Waals surface area contributed by atoms with Gasteiger partial charge in [-0.2, -0.15) is 0 Å². The van der Waals surface area contributed by atoms with Crippen molar-refractivity contribution in [3.63, 3.8) is 0 Å². The third kappa shape index (κ3) is 5.15. The molecule has 2 amide bonds. The summed E-state index contributed by atoms with van der Waals surface area (Å²) >= 11 is 18.9. The van der Waals surface area contributed by atoms with Gasteiger partial charge in [-0.15, -0.1) is 11.8 Å². The molecule has 1 fully saturated rings. The molecule has 13 heteroatoms. The van der Waals surface area contributed by atoms with Gasteiger partial charge in [0.1, 0.15) is 22.5 Å². The van der Waals surface area contributed by atoms with Gasteiger partial charge in [0.05, 0.1) is 5.57 Å². The van der Waals surface area contributed by atoms with Crippen LogP contribution in [0, 0.1) is 0 Å². The van der Waals surface area contributed by atoms with Crippen molar-refractivity contribution < 1.29 is 33.8 Å². The molecule has 2 aliphatic rings. The molecule has 1 aromatic carbocycles. The monoisotopic (exact) mass is 520 g/mol. The summed E-state index contributed by atoms with van der Waals surface area (Å²) in [5.74, 6) is -1.89. The van der Waals surface area contributed by atoms with E-state index in [2.05, 4.69) is 5.32 Å². The summed E-state index contributed by atoms with van der Waals surface area (Å²) in [5, 5.41) is 11.4. The lowest BCUT2D eigenvalue weighted by molar-refractivity contribution is -0.148. The zero-order valence-corrected chi connectivity index (χ0v) is 19.3. The lowest BCUT2D eigenvalue weighted by atomic mass is 10.0. The van der Waals surface area contributed by atoms with E-state index in [1.807, 2.05) is 0 Å². The van der Waals surface area contributed by atoms with E-state index in [9.17, 15) is 19.2 Å². The maximum Gasteiger partial charge on any atom is 0.512 e. The molecule has 2 atom stereocenters. The molecule has 2 heterocycles. The summed E-state index contributed by atoms with van der Waals surface area (Å²) in [6, 6.07) is 5.23. The van der Waals surface area contributed by atoms with Crippen LogP contribution < -0.4 is 5.32 Å². The van der Waals surface area contributed by atoms with Crippen molar-refractivity contribution >= 4 is 76.1 Å². The van der Waals surface area contributed by atoms with Crippen LogP contribution in [-0.2, 0) is 23.9 Å². The highest BCUT2D eigenvalue weighted by atomic mass is 35.5. The number of halogens is 3. The Morgan fingerprint density at radius 1 is 1.25 bits per heavy atom. The second kappa shape index (κ2) is 10.0. The number of hydrogen-bond donors (Lipinski definition) is 2. The second-order valence-corrected chi connectivity index (χ2v) is 9.05. The van der Waals surface area contributed by atoms with Gasteiger partial charge in [0.15, 0.2) is 0 Å². The fourth-order valence-electron chi connectivity index (χ4n) is 3.05. The highest BCUT2D eigenvalue weighted by Crippen LogP contribution is 2.41. The number of carbonyl (C=O) groups is 4. The van der Waals surface area contributed by atoms with Gasteiger partial charge in [-0.1, -0.05) is 46.9 Å². The maximum atomic E-state index is 12.8. The molecule has 0 aliphatic carbocycles. The Morgan fingerprint density at radius 2 is 1.91 bits per heavy atom. The van der Waals surface area contributed by atoms with E-state index in [-0.39, 0.29) is 28.3 Å². The van der Waals surface area contributed by atoms with E-state index in [0.29, 0.717) is 16.2 Å². The fraction of sp³-hybridized carbons (Fsp3) is 0.263. The number of esters is 1. The Morgan fingerprint density at radius 3 is 2.47 bits per heavy atom. The van der Waals surface area contributed by atoms with Gasteiger partial charge in [0.2, 0.25) is 5.88 Å². The molecule has 2 N–H and O–H groups in total. The largest absolute Gasteiger partial charge is 0.512 e. The van der Waals surface area contributed by atoms with Gasteiger partial charge >= 0.3 is 12.1 Å². The predicted molar refractivity (Wildman–Crippen MR) is 118 cm³/mol. The van der Waals surface area contributed by atoms with E-state index in [0.717, 1.165) is 4.90 Å². The first-order valence-electron chi connectivity index (χ1n) is 8.93. The molecule has 1 unspecified atom stereocenters. The molecule has 1 saturated heterocycles. The first-order valence-corrected chi connectivity index (χ1v) is 11.1. The number of fused-ring (bicyclic) bond motifs is 1. The fourth-order valence-corrected chi connectivity index (χ4v) is 4.87. The Balaban J connectivity index is 1.80. The molecule has 0 radical (unpaired) electrons. The molecule has 0 aromatic heterocycles. The van der Waals surface area contributed by atoms with Gasteiger partial charge in [0.25, 0.3) is 11.8 Å². The molecule has 1 aromatic rings. The van der Waals surface area contributed by atoms with Crippen molar-refractivity contribution in [2.45, 2.75) is 18.3 Å². The topological polar surface area (TPSA) is 122 Å². The van der Waals surface area contributed by atoms with Gasteiger partial charge in [-0.05, 0) is 17.7 Å². The van der Waals surface area contributed by atoms with E-state index in [4.69, 9.17) is 49.4 Å². The van der Waals surface area contributed by atoms with E-state index < -0.39 is 35.4 Å². The number of carbonyl (C=O) groups excluding carboxylic acids is 3. The third-order valence-corrected chi connectivity index (χ3v) is 6.43. The SMILES string of the molecule is CC(=O)OCC1=C(OC(=O)O)N2C(=O)C(NC(=O)C(=C(Cl)Cl)c3ccc(Cl)cc3)[C@@H]2SC1. The number of thioether (sulfide) groups is 1. The first kappa shape index (κ1) is 24.2. The highest BCUT2D eigenvalue weighted by Gasteiger charge is 2.54. The smallest absolute Gasteiger partial charge is 0.461 e. The van der Waals surface area contributed by atoms with E-state index >= 15 is 0 Å². The number of carboxylic acid groups (broad SMARTS) is 1. The van der Waals surface area contributed by atoms with Crippen LogP contribution in [0.4, 0.5) is 4.79 Å². The van der Waals surface area contributed by atoms with Crippen molar-refractivity contribution in [1.29, 1.82) is 0 Å². The predicted octanol–water partition coefficient (Wildman–Crippen LogP) is 3.36. The van der Waals surface area contributed by atoms with Gasteiger partial charge < -0.3 is 19.9 Å². The number of rotatable bonds is 6. The van der Waals surface area contributed by atoms with Crippen LogP contribution >= 0.6 is 46.6 Å². The van der Waals surface area contributed by atoms with E-state index in [1.165, 1.54) is 18.7 Å². The number of amides is 2. The molecular formula is C19H15Cl3N2O7S. The van der Waals surface area contributed by atoms with Crippen LogP contribution in [0.1, 0.15) is 12.5 Å². The molecule has 9 nitrogen and oxygen atoms in total. The quantitative estimate of drug-likeness (QED) is 0.332. The third-order valence-electron chi connectivity index (χ3n) is 4.46. The number of nitrogens with one attached hydrogen (secondary N) is 1. The van der Waals surface area contributed by atoms with Crippen LogP contribution in [0.25, 0.3) is 5.57 Å². The summed E-state index contributed by atoms with van der Waals surface area (Å²) in [4.78, 5) is 48.9. The second-order valence-electron chi connectivity index (χ2n) is 6.56. The van der Waals surface area contributed by atoms with E-state index in [1.54, 1.807) is 24.3 Å². The zero-order chi connectivity index (χ0) is 23.6. The molecule has 2 aliphatic heterocycles. The number of benzene rings is 1. The number of β-lactam (4-membered cyclic amide) rings is 1. The van der Waals surface area contributed by atoms with Gasteiger partial charge in [-0.3, -0.25) is 19.3 Å². The molecule has 32 heavy (non-hydrogen) atoms. The highest BCUT2D eigenvalue weighted by molar-refractivity contribution is 8.00. The first-order chi connectivity index (χ1) is 15.1. The van der Waals surface area contributed by atoms with Crippen LogP contribution in [0.2, 0.25) is 5.02 Å². The Hall–Kier alpha value is -2.40. The normalized spacial score (nSPS) is 19.5. The molecule has 0 saturated carbocycles. The van der Waals surface area contributed by atoms with Gasteiger partial charge in [0, 0.05) is 23.3 Å². The number of hydrogen-bond acceptors (Lipinski definition) is 7. The minimum absolute atomic E-state index is 0.0508. The molecule has 0 bridgehead atoms. The minimum Gasteiger partial charge on any atom is -0.461 e. The van der Waals surface area contributed by atoms with Crippen LogP contribution in [0.5, 0.6) is 0 Å². The number of nitrogens with zero attached hydrogens (tertiary/aromatic N) is 1. The molecule has 3 rings (SSSR count). The summed E-state index contributed by atoms with van der Waals surface area (Å²) in [6.45, 7) is 0.967. The van der Waals surface area contributed by atoms with Crippen molar-refractivity contribution in [2.24, 2.45) is 0 Å². The van der Waals surface area contributed by atoms with Crippen LogP contribution in [-0.4, -0.2) is 57.7 Å². The zero-order valence-electron chi connectivity index (χ0n) is 16.3. The minimum atomic E-state index is -1.63. The molecule has 0 spiro atoms. The number of ether oxygens (including phenoxy) is 2. The maximum absolute atomic E-state index is 12.8.